The molecule has 1 aliphatic rings. The number of fused-ring (bicyclic) bond motifs is 1. The van der Waals surface area contributed by atoms with Crippen LogP contribution in [0, 0.1) is 5.41 Å². The van der Waals surface area contributed by atoms with Gasteiger partial charge in [-0.05, 0) is 25.0 Å². The van der Waals surface area contributed by atoms with E-state index in [2.05, 4.69) is 29.8 Å². The zero-order valence-electron chi connectivity index (χ0n) is 12.3. The molecule has 0 aliphatic carbocycles. The fraction of sp³-hybridized carbons (Fsp3) is 0.625. The Hall–Kier alpha value is -0.900. The van der Waals surface area contributed by atoms with Crippen molar-refractivity contribution < 1.29 is 14.2 Å². The number of hydrogen-bond acceptors (Lipinski definition) is 3. The molecule has 0 spiro atoms. The highest BCUT2D eigenvalue weighted by molar-refractivity contribution is 9.09. The number of hydrogen-bond donors (Lipinski definition) is 0. The van der Waals surface area contributed by atoms with Crippen LogP contribution in [0.1, 0.15) is 39.5 Å². The molecule has 0 atom stereocenters. The lowest BCUT2D eigenvalue weighted by Crippen LogP contribution is -2.30. The smallest absolute Gasteiger partial charge is 0.231 e. The number of halogens is 1. The Kier molecular flexibility index (Phi) is 5.58. The maximum absolute atomic E-state index is 6.03. The predicted octanol–water partition coefficient (Wildman–Crippen LogP) is 4.78. The van der Waals surface area contributed by atoms with E-state index in [0.29, 0.717) is 6.79 Å². The van der Waals surface area contributed by atoms with Crippen molar-refractivity contribution in [2.45, 2.75) is 39.5 Å². The summed E-state index contributed by atoms with van der Waals surface area (Å²) in [6, 6.07) is 5.77. The van der Waals surface area contributed by atoms with Crippen molar-refractivity contribution in [1.29, 1.82) is 0 Å². The third kappa shape index (κ3) is 3.60. The van der Waals surface area contributed by atoms with Gasteiger partial charge in [0.1, 0.15) is 5.75 Å². The third-order valence-electron chi connectivity index (χ3n) is 3.73. The second-order valence-corrected chi connectivity index (χ2v) is 6.00. The van der Waals surface area contributed by atoms with E-state index in [1.165, 1.54) is 25.7 Å². The Bertz CT molecular complexity index is 428. The summed E-state index contributed by atoms with van der Waals surface area (Å²) in [5.74, 6) is 2.43. The summed E-state index contributed by atoms with van der Waals surface area (Å²) in [6.45, 7) is 5.50. The Balaban J connectivity index is 2.01. The molecule has 1 heterocycles. The lowest BCUT2D eigenvalue weighted by atomic mass is 9.82. The van der Waals surface area contributed by atoms with E-state index in [0.717, 1.165) is 29.2 Å². The van der Waals surface area contributed by atoms with Crippen LogP contribution in [-0.2, 0) is 0 Å². The van der Waals surface area contributed by atoms with Gasteiger partial charge in [-0.1, -0.05) is 42.6 Å². The molecular formula is C16H23BrO3. The second kappa shape index (κ2) is 7.21. The van der Waals surface area contributed by atoms with Crippen molar-refractivity contribution in [2.24, 2.45) is 5.41 Å². The maximum Gasteiger partial charge on any atom is 0.231 e. The van der Waals surface area contributed by atoms with E-state index in [1.807, 2.05) is 18.2 Å². The standard InChI is InChI=1S/C16H23BrO3/c1-3-7-16(10-17,8-4-2)11-18-13-5-6-14-15(9-13)20-12-19-14/h5-6,9H,3-4,7-8,10-12H2,1-2H3. The van der Waals surface area contributed by atoms with Gasteiger partial charge in [-0.2, -0.15) is 0 Å². The highest BCUT2D eigenvalue weighted by Crippen LogP contribution is 2.37. The van der Waals surface area contributed by atoms with Crippen LogP contribution in [0.3, 0.4) is 0 Å². The largest absolute Gasteiger partial charge is 0.493 e. The van der Waals surface area contributed by atoms with Gasteiger partial charge in [0.2, 0.25) is 6.79 Å². The van der Waals surface area contributed by atoms with E-state index in [4.69, 9.17) is 14.2 Å². The van der Waals surface area contributed by atoms with Gasteiger partial charge in [0, 0.05) is 16.8 Å². The summed E-state index contributed by atoms with van der Waals surface area (Å²) in [6.07, 6.45) is 4.71. The average molecular weight is 343 g/mol. The first-order valence-corrected chi connectivity index (χ1v) is 8.43. The normalized spacial score (nSPS) is 13.6. The fourth-order valence-electron chi connectivity index (χ4n) is 2.71. The van der Waals surface area contributed by atoms with Gasteiger partial charge in [-0.3, -0.25) is 0 Å². The van der Waals surface area contributed by atoms with Crippen LogP contribution >= 0.6 is 15.9 Å². The van der Waals surface area contributed by atoms with Gasteiger partial charge in [0.05, 0.1) is 6.61 Å². The van der Waals surface area contributed by atoms with E-state index >= 15 is 0 Å². The molecule has 0 unspecified atom stereocenters. The van der Waals surface area contributed by atoms with Crippen LogP contribution in [0.25, 0.3) is 0 Å². The highest BCUT2D eigenvalue weighted by Gasteiger charge is 2.28. The summed E-state index contributed by atoms with van der Waals surface area (Å²) in [7, 11) is 0. The molecule has 1 aromatic rings. The minimum Gasteiger partial charge on any atom is -0.493 e. The maximum atomic E-state index is 6.03. The van der Waals surface area contributed by atoms with Crippen LogP contribution in [0.4, 0.5) is 0 Å². The Morgan fingerprint density at radius 1 is 1.15 bits per heavy atom. The minimum absolute atomic E-state index is 0.222. The Morgan fingerprint density at radius 2 is 1.85 bits per heavy atom. The van der Waals surface area contributed by atoms with Crippen LogP contribution < -0.4 is 14.2 Å². The molecule has 0 radical (unpaired) electrons. The molecule has 0 saturated heterocycles. The molecular weight excluding hydrogens is 320 g/mol. The molecule has 4 heteroatoms. The van der Waals surface area contributed by atoms with Crippen LogP contribution in [0.5, 0.6) is 17.2 Å². The molecule has 1 aliphatic heterocycles. The quantitative estimate of drug-likeness (QED) is 0.636. The Labute approximate surface area is 129 Å². The highest BCUT2D eigenvalue weighted by atomic mass is 79.9. The molecule has 0 N–H and O–H groups in total. The molecule has 20 heavy (non-hydrogen) atoms. The molecule has 0 aromatic heterocycles. The summed E-state index contributed by atoms with van der Waals surface area (Å²) in [5.41, 5.74) is 0.222. The molecule has 112 valence electrons. The predicted molar refractivity (Wildman–Crippen MR) is 84.1 cm³/mol. The second-order valence-electron chi connectivity index (χ2n) is 5.44. The van der Waals surface area contributed by atoms with E-state index in [1.54, 1.807) is 0 Å². The number of rotatable bonds is 8. The number of benzene rings is 1. The van der Waals surface area contributed by atoms with Gasteiger partial charge < -0.3 is 14.2 Å². The van der Waals surface area contributed by atoms with Crippen molar-refractivity contribution in [2.75, 3.05) is 18.7 Å². The van der Waals surface area contributed by atoms with Gasteiger partial charge in [-0.15, -0.1) is 0 Å². The molecule has 0 amide bonds. The lowest BCUT2D eigenvalue weighted by Gasteiger charge is -2.31. The molecule has 1 aromatic carbocycles. The third-order valence-corrected chi connectivity index (χ3v) is 4.92. The van der Waals surface area contributed by atoms with Crippen molar-refractivity contribution in [1.82, 2.24) is 0 Å². The topological polar surface area (TPSA) is 27.7 Å². The zero-order chi connectivity index (χ0) is 14.4. The molecule has 0 bridgehead atoms. The monoisotopic (exact) mass is 342 g/mol. The molecule has 0 saturated carbocycles. The van der Waals surface area contributed by atoms with Crippen molar-refractivity contribution in [3.63, 3.8) is 0 Å². The van der Waals surface area contributed by atoms with Gasteiger partial charge in [-0.25, -0.2) is 0 Å². The minimum atomic E-state index is 0.222. The lowest BCUT2D eigenvalue weighted by molar-refractivity contribution is 0.144. The van der Waals surface area contributed by atoms with E-state index in [-0.39, 0.29) is 5.41 Å². The van der Waals surface area contributed by atoms with Crippen molar-refractivity contribution >= 4 is 15.9 Å². The Morgan fingerprint density at radius 3 is 2.50 bits per heavy atom. The van der Waals surface area contributed by atoms with Crippen molar-refractivity contribution in [3.05, 3.63) is 18.2 Å². The first-order chi connectivity index (χ1) is 9.73. The SMILES string of the molecule is CCCC(CBr)(CCC)COc1ccc2c(c1)OCO2. The molecule has 0 fully saturated rings. The fourth-order valence-corrected chi connectivity index (χ4v) is 3.43. The van der Waals surface area contributed by atoms with Gasteiger partial charge >= 0.3 is 0 Å². The first-order valence-electron chi connectivity index (χ1n) is 7.31. The van der Waals surface area contributed by atoms with Crippen LogP contribution in [0.15, 0.2) is 18.2 Å². The average Bonchev–Trinajstić information content (AvgIpc) is 2.92. The first kappa shape index (κ1) is 15.5. The summed E-state index contributed by atoms with van der Waals surface area (Å²) in [5, 5.41) is 0.978. The number of alkyl halides is 1. The summed E-state index contributed by atoms with van der Waals surface area (Å²) >= 11 is 3.67. The van der Waals surface area contributed by atoms with Gasteiger partial charge in [0.25, 0.3) is 0 Å². The molecule has 3 nitrogen and oxygen atoms in total. The summed E-state index contributed by atoms with van der Waals surface area (Å²) in [4.78, 5) is 0. The summed E-state index contributed by atoms with van der Waals surface area (Å²) < 4.78 is 16.7. The number of ether oxygens (including phenoxy) is 3. The van der Waals surface area contributed by atoms with Crippen LogP contribution in [0.2, 0.25) is 0 Å². The van der Waals surface area contributed by atoms with Gasteiger partial charge in [0.15, 0.2) is 11.5 Å². The molecule has 2 rings (SSSR count). The zero-order valence-corrected chi connectivity index (χ0v) is 13.9. The van der Waals surface area contributed by atoms with Crippen LogP contribution in [-0.4, -0.2) is 18.7 Å². The van der Waals surface area contributed by atoms with E-state index in [9.17, 15) is 0 Å². The van der Waals surface area contributed by atoms with Crippen molar-refractivity contribution in [3.8, 4) is 17.2 Å². The van der Waals surface area contributed by atoms with E-state index < -0.39 is 0 Å².